The van der Waals surface area contributed by atoms with E-state index in [1.165, 1.54) is 5.56 Å². The fourth-order valence-electron chi connectivity index (χ4n) is 3.32. The minimum Gasteiger partial charge on any atom is -0.444 e. The van der Waals surface area contributed by atoms with Gasteiger partial charge in [-0.25, -0.2) is 4.79 Å². The second-order valence-corrected chi connectivity index (χ2v) is 7.63. The maximum absolute atomic E-state index is 12.7. The number of carbonyl (C=O) groups is 1. The van der Waals surface area contributed by atoms with Crippen molar-refractivity contribution in [1.29, 1.82) is 0 Å². The van der Waals surface area contributed by atoms with Crippen molar-refractivity contribution in [2.75, 3.05) is 19.6 Å². The lowest BCUT2D eigenvalue weighted by Gasteiger charge is -2.42. The largest absolute Gasteiger partial charge is 0.444 e. The van der Waals surface area contributed by atoms with Crippen LogP contribution < -0.4 is 5.32 Å². The number of carbonyl (C=O) groups excluding carboxylic acids is 1. The van der Waals surface area contributed by atoms with Crippen molar-refractivity contribution in [3.05, 3.63) is 35.9 Å². The summed E-state index contributed by atoms with van der Waals surface area (Å²) in [6.07, 6.45) is -0.203. The first kappa shape index (κ1) is 17.8. The number of ether oxygens (including phenoxy) is 1. The molecule has 1 aromatic rings. The summed E-state index contributed by atoms with van der Waals surface area (Å²) in [5.74, 6) is 0.726. The van der Waals surface area contributed by atoms with E-state index in [1.54, 1.807) is 0 Å². The lowest BCUT2D eigenvalue weighted by molar-refractivity contribution is 0.00679. The van der Waals surface area contributed by atoms with Gasteiger partial charge in [-0.05, 0) is 32.3 Å². The zero-order valence-corrected chi connectivity index (χ0v) is 15.0. The van der Waals surface area contributed by atoms with Crippen molar-refractivity contribution in [2.24, 2.45) is 5.92 Å². The van der Waals surface area contributed by atoms with Gasteiger partial charge in [0.15, 0.2) is 0 Å². The fraction of sp³-hybridized carbons (Fsp3) is 0.632. The molecule has 23 heavy (non-hydrogen) atoms. The summed E-state index contributed by atoms with van der Waals surface area (Å²) in [5, 5.41) is 3.44. The third-order valence-electron chi connectivity index (χ3n) is 4.23. The number of rotatable bonds is 3. The van der Waals surface area contributed by atoms with Crippen molar-refractivity contribution in [1.82, 2.24) is 10.2 Å². The second-order valence-electron chi connectivity index (χ2n) is 7.63. The van der Waals surface area contributed by atoms with Gasteiger partial charge in [0.2, 0.25) is 0 Å². The molecule has 0 spiro atoms. The molecule has 2 unspecified atom stereocenters. The Morgan fingerprint density at radius 1 is 1.26 bits per heavy atom. The Hall–Kier alpha value is -1.55. The highest BCUT2D eigenvalue weighted by atomic mass is 16.6. The molecule has 1 aliphatic rings. The predicted octanol–water partition coefficient (Wildman–Crippen LogP) is 3.64. The van der Waals surface area contributed by atoms with Crippen molar-refractivity contribution < 1.29 is 9.53 Å². The van der Waals surface area contributed by atoms with Crippen molar-refractivity contribution in [3.63, 3.8) is 0 Å². The molecule has 1 fully saturated rings. The number of hydrogen-bond acceptors (Lipinski definition) is 3. The lowest BCUT2D eigenvalue weighted by Crippen LogP contribution is -2.57. The Labute approximate surface area is 140 Å². The zero-order chi connectivity index (χ0) is 17.0. The van der Waals surface area contributed by atoms with Crippen LogP contribution in [0.4, 0.5) is 4.79 Å². The van der Waals surface area contributed by atoms with Crippen LogP contribution in [0.2, 0.25) is 0 Å². The van der Waals surface area contributed by atoms with Crippen LogP contribution in [0.5, 0.6) is 0 Å². The molecule has 2 rings (SSSR count). The number of nitrogens with one attached hydrogen (secondary N) is 1. The Morgan fingerprint density at radius 3 is 2.48 bits per heavy atom. The van der Waals surface area contributed by atoms with Crippen LogP contribution in [0.15, 0.2) is 30.3 Å². The fourth-order valence-corrected chi connectivity index (χ4v) is 3.32. The van der Waals surface area contributed by atoms with Gasteiger partial charge in [0.05, 0.1) is 6.04 Å². The minimum absolute atomic E-state index is 0.112. The average molecular weight is 318 g/mol. The van der Waals surface area contributed by atoms with Crippen molar-refractivity contribution in [2.45, 2.75) is 52.2 Å². The Morgan fingerprint density at radius 2 is 1.91 bits per heavy atom. The van der Waals surface area contributed by atoms with Gasteiger partial charge in [-0.3, -0.25) is 0 Å². The van der Waals surface area contributed by atoms with Gasteiger partial charge >= 0.3 is 6.09 Å². The highest BCUT2D eigenvalue weighted by Gasteiger charge is 2.37. The molecule has 1 saturated heterocycles. The van der Waals surface area contributed by atoms with Crippen LogP contribution in [0.25, 0.3) is 0 Å². The minimum atomic E-state index is -0.466. The molecule has 1 aliphatic heterocycles. The van der Waals surface area contributed by atoms with E-state index in [-0.39, 0.29) is 18.1 Å². The van der Waals surface area contributed by atoms with E-state index < -0.39 is 5.60 Å². The van der Waals surface area contributed by atoms with Gasteiger partial charge in [-0.2, -0.15) is 0 Å². The Bertz CT molecular complexity index is 508. The van der Waals surface area contributed by atoms with E-state index >= 15 is 0 Å². The van der Waals surface area contributed by atoms with E-state index in [9.17, 15) is 4.79 Å². The summed E-state index contributed by atoms with van der Waals surface area (Å²) in [5.41, 5.74) is 0.816. The number of nitrogens with zero attached hydrogens (tertiary/aromatic N) is 1. The molecule has 128 valence electrons. The van der Waals surface area contributed by atoms with E-state index in [1.807, 2.05) is 31.7 Å². The quantitative estimate of drug-likeness (QED) is 0.925. The standard InChI is InChI=1S/C19H30N2O2/c1-14(2)17(15-9-7-6-8-10-15)16-13-20-11-12-21(16)18(22)23-19(3,4)5/h6-10,14,16-17,20H,11-13H2,1-5H3. The highest BCUT2D eigenvalue weighted by molar-refractivity contribution is 5.69. The topological polar surface area (TPSA) is 41.6 Å². The van der Waals surface area contributed by atoms with Crippen molar-refractivity contribution >= 4 is 6.09 Å². The molecule has 1 aromatic carbocycles. The van der Waals surface area contributed by atoms with Crippen LogP contribution in [0.1, 0.15) is 46.1 Å². The van der Waals surface area contributed by atoms with Crippen LogP contribution in [0, 0.1) is 5.92 Å². The SMILES string of the molecule is CC(C)C(c1ccccc1)C1CNCCN1C(=O)OC(C)(C)C. The molecule has 0 radical (unpaired) electrons. The van der Waals surface area contributed by atoms with Gasteiger partial charge in [-0.1, -0.05) is 44.2 Å². The van der Waals surface area contributed by atoms with Gasteiger partial charge < -0.3 is 15.0 Å². The molecule has 1 heterocycles. The summed E-state index contributed by atoms with van der Waals surface area (Å²) >= 11 is 0. The Balaban J connectivity index is 2.26. The summed E-state index contributed by atoms with van der Waals surface area (Å²) in [4.78, 5) is 14.6. The monoisotopic (exact) mass is 318 g/mol. The molecule has 0 bridgehead atoms. The molecule has 0 aliphatic carbocycles. The highest BCUT2D eigenvalue weighted by Crippen LogP contribution is 2.32. The number of hydrogen-bond donors (Lipinski definition) is 1. The third-order valence-corrected chi connectivity index (χ3v) is 4.23. The lowest BCUT2D eigenvalue weighted by atomic mass is 9.81. The first-order valence-electron chi connectivity index (χ1n) is 8.55. The van der Waals surface area contributed by atoms with E-state index in [0.29, 0.717) is 12.5 Å². The van der Waals surface area contributed by atoms with Crippen molar-refractivity contribution in [3.8, 4) is 0 Å². The maximum Gasteiger partial charge on any atom is 0.410 e. The van der Waals surface area contributed by atoms with Crippen LogP contribution >= 0.6 is 0 Å². The van der Waals surface area contributed by atoms with Gasteiger partial charge in [0.25, 0.3) is 0 Å². The van der Waals surface area contributed by atoms with Gasteiger partial charge in [0, 0.05) is 25.6 Å². The van der Waals surface area contributed by atoms with Crippen LogP contribution in [-0.4, -0.2) is 42.3 Å². The van der Waals surface area contributed by atoms with Gasteiger partial charge in [-0.15, -0.1) is 0 Å². The molecule has 0 aromatic heterocycles. The average Bonchev–Trinajstić information content (AvgIpc) is 2.47. The predicted molar refractivity (Wildman–Crippen MR) is 93.6 cm³/mol. The summed E-state index contributed by atoms with van der Waals surface area (Å²) in [6.45, 7) is 12.5. The molecule has 2 atom stereocenters. The first-order valence-corrected chi connectivity index (χ1v) is 8.55. The molecule has 0 saturated carbocycles. The number of benzene rings is 1. The molecule has 4 nitrogen and oxygen atoms in total. The molecule has 1 N–H and O–H groups in total. The van der Waals surface area contributed by atoms with E-state index in [0.717, 1.165) is 13.1 Å². The molecular formula is C19H30N2O2. The Kier molecular flexibility index (Phi) is 5.69. The molecule has 1 amide bonds. The van der Waals surface area contributed by atoms with E-state index in [4.69, 9.17) is 4.74 Å². The normalized spacial score (nSPS) is 20.4. The molecular weight excluding hydrogens is 288 g/mol. The summed E-state index contributed by atoms with van der Waals surface area (Å²) < 4.78 is 5.63. The van der Waals surface area contributed by atoms with Crippen LogP contribution in [-0.2, 0) is 4.74 Å². The summed E-state index contributed by atoms with van der Waals surface area (Å²) in [7, 11) is 0. The third kappa shape index (κ3) is 4.71. The molecule has 4 heteroatoms. The maximum atomic E-state index is 12.7. The van der Waals surface area contributed by atoms with Crippen LogP contribution in [0.3, 0.4) is 0 Å². The van der Waals surface area contributed by atoms with E-state index in [2.05, 4.69) is 43.4 Å². The number of amides is 1. The number of piperazine rings is 1. The summed E-state index contributed by atoms with van der Waals surface area (Å²) in [6, 6.07) is 10.6. The van der Waals surface area contributed by atoms with Gasteiger partial charge in [0.1, 0.15) is 5.60 Å². The zero-order valence-electron chi connectivity index (χ0n) is 15.0. The first-order chi connectivity index (χ1) is 10.8. The smallest absolute Gasteiger partial charge is 0.410 e. The second kappa shape index (κ2) is 7.35.